The third-order valence-electron chi connectivity index (χ3n) is 5.20. The van der Waals surface area contributed by atoms with Crippen molar-refractivity contribution in [1.82, 2.24) is 19.8 Å². The van der Waals surface area contributed by atoms with Gasteiger partial charge < -0.3 is 14.5 Å². The summed E-state index contributed by atoms with van der Waals surface area (Å²) in [6.07, 6.45) is 4.51. The number of benzene rings is 1. The molecular weight excluding hydrogens is 377 g/mol. The molecule has 0 aliphatic carbocycles. The van der Waals surface area contributed by atoms with Crippen LogP contribution >= 0.6 is 0 Å². The van der Waals surface area contributed by atoms with Crippen LogP contribution < -0.4 is 9.64 Å². The van der Waals surface area contributed by atoms with Crippen LogP contribution in [-0.2, 0) is 4.79 Å². The fourth-order valence-corrected chi connectivity index (χ4v) is 3.60. The van der Waals surface area contributed by atoms with Crippen LogP contribution in [0.5, 0.6) is 5.88 Å². The number of nitrogens with zero attached hydrogens (tertiary/aromatic N) is 5. The standard InChI is InChI=1S/C20H22FN5O3/c21-15-1-3-16(4-2-15)26-12-11-25(20(26)28)13-19(27)24-9-6-17(7-10-24)29-18-5-8-22-14-23-18/h1-5,8,14,17H,6-7,9-13H2. The fourth-order valence-electron chi connectivity index (χ4n) is 3.60. The second-order valence-corrected chi connectivity index (χ2v) is 7.08. The highest BCUT2D eigenvalue weighted by atomic mass is 19.1. The maximum Gasteiger partial charge on any atom is 0.325 e. The van der Waals surface area contributed by atoms with Crippen molar-refractivity contribution in [2.45, 2.75) is 18.9 Å². The minimum Gasteiger partial charge on any atom is -0.474 e. The number of aromatic nitrogens is 2. The molecule has 2 saturated heterocycles. The van der Waals surface area contributed by atoms with Crippen molar-refractivity contribution in [3.63, 3.8) is 0 Å². The first-order chi connectivity index (χ1) is 14.1. The van der Waals surface area contributed by atoms with Crippen LogP contribution in [0.2, 0.25) is 0 Å². The van der Waals surface area contributed by atoms with Gasteiger partial charge >= 0.3 is 6.03 Å². The highest BCUT2D eigenvalue weighted by molar-refractivity contribution is 5.96. The van der Waals surface area contributed by atoms with E-state index in [2.05, 4.69) is 9.97 Å². The zero-order chi connectivity index (χ0) is 20.2. The Kier molecular flexibility index (Phi) is 5.55. The van der Waals surface area contributed by atoms with Crippen molar-refractivity contribution in [1.29, 1.82) is 0 Å². The third-order valence-corrected chi connectivity index (χ3v) is 5.20. The molecule has 2 fully saturated rings. The van der Waals surface area contributed by atoms with Gasteiger partial charge in [0.15, 0.2) is 0 Å². The van der Waals surface area contributed by atoms with Gasteiger partial charge in [-0.3, -0.25) is 9.69 Å². The molecule has 0 bridgehead atoms. The van der Waals surface area contributed by atoms with Gasteiger partial charge in [0.25, 0.3) is 0 Å². The Balaban J connectivity index is 1.27. The minimum absolute atomic E-state index is 0.0105. The van der Waals surface area contributed by atoms with Gasteiger partial charge in [0.2, 0.25) is 11.8 Å². The molecule has 0 spiro atoms. The number of carbonyl (C=O) groups is 2. The number of likely N-dealkylation sites (tertiary alicyclic amines) is 1. The number of anilines is 1. The van der Waals surface area contributed by atoms with Crippen LogP contribution in [0.25, 0.3) is 0 Å². The van der Waals surface area contributed by atoms with Gasteiger partial charge in [0, 0.05) is 57.0 Å². The van der Waals surface area contributed by atoms with E-state index in [1.54, 1.807) is 34.2 Å². The molecule has 152 valence electrons. The Bertz CT molecular complexity index is 856. The van der Waals surface area contributed by atoms with Crippen molar-refractivity contribution in [3.8, 4) is 5.88 Å². The van der Waals surface area contributed by atoms with E-state index in [0.29, 0.717) is 50.6 Å². The summed E-state index contributed by atoms with van der Waals surface area (Å²) in [5, 5.41) is 0. The van der Waals surface area contributed by atoms with Crippen molar-refractivity contribution in [3.05, 3.63) is 48.7 Å². The lowest BCUT2D eigenvalue weighted by atomic mass is 10.1. The molecule has 0 N–H and O–H groups in total. The number of carbonyl (C=O) groups excluding carboxylic acids is 2. The number of hydrogen-bond donors (Lipinski definition) is 0. The minimum atomic E-state index is -0.348. The molecule has 1 aromatic heterocycles. The van der Waals surface area contributed by atoms with E-state index in [-0.39, 0.29) is 30.4 Å². The SMILES string of the molecule is O=C(CN1CCN(c2ccc(F)cc2)C1=O)N1CCC(Oc2ccncn2)CC1. The topological polar surface area (TPSA) is 78.9 Å². The lowest BCUT2D eigenvalue weighted by Crippen LogP contribution is -2.47. The van der Waals surface area contributed by atoms with Crippen molar-refractivity contribution >= 4 is 17.6 Å². The van der Waals surface area contributed by atoms with E-state index < -0.39 is 0 Å². The quantitative estimate of drug-likeness (QED) is 0.768. The number of piperidine rings is 1. The van der Waals surface area contributed by atoms with Gasteiger partial charge in [-0.2, -0.15) is 0 Å². The normalized spacial score (nSPS) is 17.7. The highest BCUT2D eigenvalue weighted by Gasteiger charge is 2.33. The maximum absolute atomic E-state index is 13.1. The number of ether oxygens (including phenoxy) is 1. The van der Waals surface area contributed by atoms with Gasteiger partial charge in [0.05, 0.1) is 0 Å². The number of amides is 3. The van der Waals surface area contributed by atoms with E-state index in [1.165, 1.54) is 23.4 Å². The van der Waals surface area contributed by atoms with Crippen LogP contribution in [0, 0.1) is 5.82 Å². The number of hydrogen-bond acceptors (Lipinski definition) is 5. The van der Waals surface area contributed by atoms with E-state index in [0.717, 1.165) is 0 Å². The largest absolute Gasteiger partial charge is 0.474 e. The van der Waals surface area contributed by atoms with Crippen molar-refractivity contribution in [2.24, 2.45) is 0 Å². The molecule has 9 heteroatoms. The molecule has 3 amide bonds. The number of rotatable bonds is 5. The Morgan fingerprint density at radius 3 is 2.55 bits per heavy atom. The summed E-state index contributed by atoms with van der Waals surface area (Å²) in [5.74, 6) is 0.118. The van der Waals surface area contributed by atoms with Gasteiger partial charge in [-0.15, -0.1) is 0 Å². The second kappa shape index (κ2) is 8.42. The van der Waals surface area contributed by atoms with Crippen molar-refractivity contribution < 1.29 is 18.7 Å². The molecule has 8 nitrogen and oxygen atoms in total. The summed E-state index contributed by atoms with van der Waals surface area (Å²) in [5.41, 5.74) is 0.633. The Hall–Kier alpha value is -3.23. The van der Waals surface area contributed by atoms with E-state index in [1.807, 2.05) is 0 Å². The summed E-state index contributed by atoms with van der Waals surface area (Å²) >= 11 is 0. The predicted octanol–water partition coefficient (Wildman–Crippen LogP) is 1.93. The average molecular weight is 399 g/mol. The summed E-state index contributed by atoms with van der Waals surface area (Å²) in [6, 6.07) is 7.27. The second-order valence-electron chi connectivity index (χ2n) is 7.08. The molecule has 0 atom stereocenters. The van der Waals surface area contributed by atoms with Crippen molar-refractivity contribution in [2.75, 3.05) is 37.6 Å². The average Bonchev–Trinajstić information content (AvgIpc) is 3.10. The third kappa shape index (κ3) is 4.44. The first-order valence-electron chi connectivity index (χ1n) is 9.62. The molecule has 2 aliphatic rings. The van der Waals surface area contributed by atoms with Crippen LogP contribution in [0.15, 0.2) is 42.9 Å². The highest BCUT2D eigenvalue weighted by Crippen LogP contribution is 2.21. The van der Waals surface area contributed by atoms with Crippen LogP contribution in [0.4, 0.5) is 14.9 Å². The number of urea groups is 1. The summed E-state index contributed by atoms with van der Waals surface area (Å²) in [6.45, 7) is 2.16. The van der Waals surface area contributed by atoms with Gasteiger partial charge in [-0.05, 0) is 24.3 Å². The molecule has 0 saturated carbocycles. The summed E-state index contributed by atoms with van der Waals surface area (Å²) in [7, 11) is 0. The molecule has 0 radical (unpaired) electrons. The van der Waals surface area contributed by atoms with Gasteiger partial charge in [0.1, 0.15) is 24.8 Å². The molecule has 29 heavy (non-hydrogen) atoms. The Morgan fingerprint density at radius 2 is 1.86 bits per heavy atom. The predicted molar refractivity (Wildman–Crippen MR) is 103 cm³/mol. The van der Waals surface area contributed by atoms with Gasteiger partial charge in [-0.25, -0.2) is 19.2 Å². The van der Waals surface area contributed by atoms with Gasteiger partial charge in [-0.1, -0.05) is 0 Å². The van der Waals surface area contributed by atoms with Crippen LogP contribution in [0.1, 0.15) is 12.8 Å². The van der Waals surface area contributed by atoms with Crippen LogP contribution in [-0.4, -0.2) is 70.5 Å². The molecule has 2 aliphatic heterocycles. The summed E-state index contributed by atoms with van der Waals surface area (Å²) in [4.78, 5) is 38.1. The van der Waals surface area contributed by atoms with E-state index in [9.17, 15) is 14.0 Å². The molecule has 3 heterocycles. The fraction of sp³-hybridized carbons (Fsp3) is 0.400. The Morgan fingerprint density at radius 1 is 1.10 bits per heavy atom. The van der Waals surface area contributed by atoms with E-state index >= 15 is 0 Å². The monoisotopic (exact) mass is 399 g/mol. The Labute approximate surface area is 167 Å². The van der Waals surface area contributed by atoms with Crippen LogP contribution in [0.3, 0.4) is 0 Å². The van der Waals surface area contributed by atoms with E-state index in [4.69, 9.17) is 4.74 Å². The first-order valence-corrected chi connectivity index (χ1v) is 9.62. The first kappa shape index (κ1) is 19.1. The zero-order valence-corrected chi connectivity index (χ0v) is 15.9. The molecule has 1 aromatic carbocycles. The number of halogens is 1. The maximum atomic E-state index is 13.1. The molecule has 0 unspecified atom stereocenters. The zero-order valence-electron chi connectivity index (χ0n) is 15.9. The molecule has 2 aromatic rings. The molecular formula is C20H22FN5O3. The smallest absolute Gasteiger partial charge is 0.325 e. The summed E-state index contributed by atoms with van der Waals surface area (Å²) < 4.78 is 18.9. The lowest BCUT2D eigenvalue weighted by molar-refractivity contribution is -0.133. The lowest BCUT2D eigenvalue weighted by Gasteiger charge is -2.32. The molecule has 4 rings (SSSR count).